The van der Waals surface area contributed by atoms with Crippen LogP contribution < -0.4 is 16.0 Å². The molecule has 0 saturated heterocycles. The molecule has 2 heterocycles. The van der Waals surface area contributed by atoms with Crippen LogP contribution in [0.15, 0.2) is 24.3 Å². The molecule has 2 aliphatic rings. The van der Waals surface area contributed by atoms with Crippen LogP contribution in [0, 0.1) is 17.7 Å². The van der Waals surface area contributed by atoms with E-state index in [0.29, 0.717) is 6.42 Å². The van der Waals surface area contributed by atoms with E-state index in [9.17, 15) is 31.9 Å². The first-order valence-corrected chi connectivity index (χ1v) is 11.4. The van der Waals surface area contributed by atoms with Crippen LogP contribution in [-0.2, 0) is 16.1 Å². The van der Waals surface area contributed by atoms with Crippen molar-refractivity contribution in [3.05, 3.63) is 52.1 Å². The molecule has 1 fully saturated rings. The minimum Gasteiger partial charge on any atom is -0.354 e. The van der Waals surface area contributed by atoms with Crippen LogP contribution in [0.25, 0.3) is 0 Å². The molecule has 7 nitrogen and oxygen atoms in total. The van der Waals surface area contributed by atoms with Gasteiger partial charge in [0.1, 0.15) is 18.1 Å². The molecule has 4 rings (SSSR count). The molecule has 1 aliphatic heterocycles. The van der Waals surface area contributed by atoms with Crippen molar-refractivity contribution >= 4 is 35.0 Å². The molecule has 0 radical (unpaired) electrons. The Kier molecular flexibility index (Phi) is 6.81. The quantitative estimate of drug-likeness (QED) is 0.535. The van der Waals surface area contributed by atoms with Gasteiger partial charge in [0.2, 0.25) is 11.8 Å². The lowest BCUT2D eigenvalue weighted by Gasteiger charge is -2.31. The van der Waals surface area contributed by atoms with Gasteiger partial charge in [-0.15, -0.1) is 0 Å². The summed E-state index contributed by atoms with van der Waals surface area (Å²) >= 11 is 6.28. The number of aromatic nitrogens is 1. The van der Waals surface area contributed by atoms with E-state index in [2.05, 4.69) is 16.0 Å². The Morgan fingerprint density at radius 2 is 1.94 bits per heavy atom. The fourth-order valence-corrected chi connectivity index (χ4v) is 5.03. The molecule has 3 atom stereocenters. The summed E-state index contributed by atoms with van der Waals surface area (Å²) in [5, 5.41) is 7.97. The number of anilines is 1. The van der Waals surface area contributed by atoms with Crippen molar-refractivity contribution < 1.29 is 31.9 Å². The maximum absolute atomic E-state index is 14.0. The Morgan fingerprint density at radius 1 is 1.20 bits per heavy atom. The first-order chi connectivity index (χ1) is 16.5. The van der Waals surface area contributed by atoms with Gasteiger partial charge in [-0.25, -0.2) is 4.39 Å². The van der Waals surface area contributed by atoms with E-state index < -0.39 is 47.6 Å². The SMILES string of the molecule is CNC(=O)c1cc(NC(=O)C2CCCC(C(F)(F)F)C2)c2n1CC(=O)NC2c1cc(F)ccc1Cl. The fourth-order valence-electron chi connectivity index (χ4n) is 4.80. The van der Waals surface area contributed by atoms with E-state index in [4.69, 9.17) is 11.6 Å². The highest BCUT2D eigenvalue weighted by atomic mass is 35.5. The molecule has 188 valence electrons. The first-order valence-electron chi connectivity index (χ1n) is 11.1. The van der Waals surface area contributed by atoms with E-state index in [1.807, 2.05) is 0 Å². The topological polar surface area (TPSA) is 92.2 Å². The number of rotatable bonds is 4. The van der Waals surface area contributed by atoms with Gasteiger partial charge in [0.15, 0.2) is 0 Å². The average molecular weight is 515 g/mol. The Bertz CT molecular complexity index is 1180. The molecule has 1 aromatic heterocycles. The van der Waals surface area contributed by atoms with Crippen LogP contribution in [0.2, 0.25) is 5.02 Å². The monoisotopic (exact) mass is 514 g/mol. The van der Waals surface area contributed by atoms with Gasteiger partial charge in [0, 0.05) is 23.6 Å². The minimum atomic E-state index is -4.38. The van der Waals surface area contributed by atoms with Gasteiger partial charge in [-0.2, -0.15) is 13.2 Å². The second-order valence-electron chi connectivity index (χ2n) is 8.75. The van der Waals surface area contributed by atoms with Crippen molar-refractivity contribution in [2.75, 3.05) is 12.4 Å². The maximum atomic E-state index is 14.0. The predicted octanol–water partition coefficient (Wildman–Crippen LogP) is 4.17. The Morgan fingerprint density at radius 3 is 2.63 bits per heavy atom. The third-order valence-electron chi connectivity index (χ3n) is 6.51. The van der Waals surface area contributed by atoms with Crippen molar-refractivity contribution in [1.82, 2.24) is 15.2 Å². The van der Waals surface area contributed by atoms with Gasteiger partial charge in [0.05, 0.1) is 23.3 Å². The summed E-state index contributed by atoms with van der Waals surface area (Å²) in [6, 6.07) is 3.95. The van der Waals surface area contributed by atoms with E-state index in [0.717, 1.165) is 12.1 Å². The molecule has 0 spiro atoms. The van der Waals surface area contributed by atoms with Crippen molar-refractivity contribution in [2.24, 2.45) is 11.8 Å². The summed E-state index contributed by atoms with van der Waals surface area (Å²) in [7, 11) is 1.39. The fraction of sp³-hybridized carbons (Fsp3) is 0.435. The Hall–Kier alpha value is -3.08. The largest absolute Gasteiger partial charge is 0.391 e. The minimum absolute atomic E-state index is 0.0259. The molecular formula is C23H23ClF4N4O3. The number of nitrogens with one attached hydrogen (secondary N) is 3. The number of benzene rings is 1. The maximum Gasteiger partial charge on any atom is 0.391 e. The lowest BCUT2D eigenvalue weighted by molar-refractivity contribution is -0.185. The van der Waals surface area contributed by atoms with Gasteiger partial charge in [0.25, 0.3) is 5.91 Å². The highest BCUT2D eigenvalue weighted by Crippen LogP contribution is 2.41. The number of carbonyl (C=O) groups is 3. The van der Waals surface area contributed by atoms with Crippen molar-refractivity contribution in [3.63, 3.8) is 0 Å². The van der Waals surface area contributed by atoms with E-state index in [1.165, 1.54) is 23.7 Å². The molecule has 3 unspecified atom stereocenters. The Balaban J connectivity index is 1.74. The number of hydrogen-bond acceptors (Lipinski definition) is 3. The highest BCUT2D eigenvalue weighted by molar-refractivity contribution is 6.31. The van der Waals surface area contributed by atoms with Gasteiger partial charge < -0.3 is 20.5 Å². The van der Waals surface area contributed by atoms with Crippen LogP contribution >= 0.6 is 11.6 Å². The third-order valence-corrected chi connectivity index (χ3v) is 6.86. The smallest absolute Gasteiger partial charge is 0.354 e. The van der Waals surface area contributed by atoms with Crippen LogP contribution in [0.4, 0.5) is 23.2 Å². The lowest BCUT2D eigenvalue weighted by Crippen LogP contribution is -2.41. The highest BCUT2D eigenvalue weighted by Gasteiger charge is 2.44. The van der Waals surface area contributed by atoms with Crippen molar-refractivity contribution in [3.8, 4) is 0 Å². The summed E-state index contributed by atoms with van der Waals surface area (Å²) in [5.41, 5.74) is 0.662. The van der Waals surface area contributed by atoms with Gasteiger partial charge >= 0.3 is 6.18 Å². The van der Waals surface area contributed by atoms with E-state index in [1.54, 1.807) is 0 Å². The molecule has 1 aromatic carbocycles. The van der Waals surface area contributed by atoms with Crippen molar-refractivity contribution in [1.29, 1.82) is 0 Å². The van der Waals surface area contributed by atoms with Crippen molar-refractivity contribution in [2.45, 2.75) is 44.4 Å². The Labute approximate surface area is 203 Å². The van der Waals surface area contributed by atoms with Gasteiger partial charge in [-0.05, 0) is 43.5 Å². The van der Waals surface area contributed by atoms with Crippen LogP contribution in [-0.4, -0.2) is 35.5 Å². The molecule has 3 amide bonds. The van der Waals surface area contributed by atoms with Gasteiger partial charge in [-0.1, -0.05) is 18.0 Å². The second-order valence-corrected chi connectivity index (χ2v) is 9.16. The third kappa shape index (κ3) is 5.00. The zero-order valence-electron chi connectivity index (χ0n) is 18.6. The summed E-state index contributed by atoms with van der Waals surface area (Å²) in [4.78, 5) is 38.0. The van der Waals surface area contributed by atoms with Crippen LogP contribution in [0.1, 0.15) is 53.5 Å². The first kappa shape index (κ1) is 25.0. The number of hydrogen-bond donors (Lipinski definition) is 3. The number of halogens is 5. The molecular weight excluding hydrogens is 492 g/mol. The average Bonchev–Trinajstić information content (AvgIpc) is 3.17. The van der Waals surface area contributed by atoms with E-state index in [-0.39, 0.29) is 53.5 Å². The second kappa shape index (κ2) is 9.52. The lowest BCUT2D eigenvalue weighted by atomic mass is 9.80. The number of carbonyl (C=O) groups excluding carboxylic acids is 3. The van der Waals surface area contributed by atoms with Crippen LogP contribution in [0.3, 0.4) is 0 Å². The van der Waals surface area contributed by atoms with Gasteiger partial charge in [-0.3, -0.25) is 14.4 Å². The predicted molar refractivity (Wildman–Crippen MR) is 119 cm³/mol. The number of nitrogens with zero attached hydrogens (tertiary/aromatic N) is 1. The number of alkyl halides is 3. The van der Waals surface area contributed by atoms with Crippen LogP contribution in [0.5, 0.6) is 0 Å². The number of amides is 3. The zero-order chi connectivity index (χ0) is 25.5. The molecule has 12 heteroatoms. The molecule has 0 bridgehead atoms. The molecule has 1 saturated carbocycles. The molecule has 2 aromatic rings. The number of fused-ring (bicyclic) bond motifs is 1. The standard InChI is InChI=1S/C23H23ClF4N4O3/c1-29-22(35)17-9-16(30-21(34)11-3-2-4-12(7-11)23(26,27)28)20-19(31-18(33)10-32(17)20)14-8-13(25)5-6-15(14)24/h5-6,8-9,11-12,19H,2-4,7,10H2,1H3,(H,29,35)(H,30,34)(H,31,33). The molecule has 3 N–H and O–H groups in total. The molecule has 35 heavy (non-hydrogen) atoms. The zero-order valence-corrected chi connectivity index (χ0v) is 19.4. The normalized spacial score (nSPS) is 22.2. The summed E-state index contributed by atoms with van der Waals surface area (Å²) in [6.45, 7) is -0.253. The van der Waals surface area contributed by atoms with E-state index >= 15 is 0 Å². The summed E-state index contributed by atoms with van der Waals surface area (Å²) in [5.74, 6) is -4.67. The summed E-state index contributed by atoms with van der Waals surface area (Å²) < 4.78 is 55.2. The summed E-state index contributed by atoms with van der Waals surface area (Å²) in [6.07, 6.45) is -4.18. The molecule has 1 aliphatic carbocycles.